The van der Waals surface area contributed by atoms with Gasteiger partial charge in [-0.25, -0.2) is 9.97 Å². The van der Waals surface area contributed by atoms with Crippen LogP contribution >= 0.6 is 22.7 Å². The lowest BCUT2D eigenvalue weighted by Gasteiger charge is -2.28. The van der Waals surface area contributed by atoms with Gasteiger partial charge in [0.1, 0.15) is 0 Å². The molecule has 0 amide bonds. The van der Waals surface area contributed by atoms with E-state index in [1.54, 1.807) is 0 Å². The maximum absolute atomic E-state index is 5.41. The largest absolute Gasteiger partial charge is 0.228 e. The number of thiophene rings is 2. The number of hydrogen-bond acceptors (Lipinski definition) is 4. The van der Waals surface area contributed by atoms with Crippen LogP contribution in [0.3, 0.4) is 0 Å². The summed E-state index contributed by atoms with van der Waals surface area (Å²) in [6.07, 6.45) is 0. The number of rotatable bonds is 6. The van der Waals surface area contributed by atoms with E-state index in [4.69, 9.17) is 9.97 Å². The fourth-order valence-electron chi connectivity index (χ4n) is 10.1. The Morgan fingerprint density at radius 1 is 0.328 bits per heavy atom. The third-order valence-corrected chi connectivity index (χ3v) is 15.7. The first-order chi connectivity index (χ1) is 31.5. The molecule has 3 aromatic heterocycles. The van der Waals surface area contributed by atoms with Crippen molar-refractivity contribution in [2.24, 2.45) is 0 Å². The topological polar surface area (TPSA) is 25.8 Å². The summed E-state index contributed by atoms with van der Waals surface area (Å²) in [6, 6.07) is 77.7. The van der Waals surface area contributed by atoms with Crippen LogP contribution < -0.4 is 0 Å². The smallest absolute Gasteiger partial charge is 0.160 e. The second-order valence-electron chi connectivity index (χ2n) is 17.0. The minimum atomic E-state index is -0.325. The maximum Gasteiger partial charge on any atom is 0.160 e. The van der Waals surface area contributed by atoms with Crippen LogP contribution in [0, 0.1) is 0 Å². The van der Waals surface area contributed by atoms with E-state index in [9.17, 15) is 0 Å². The average Bonchev–Trinajstić information content (AvgIpc) is 4.02. The molecule has 0 bridgehead atoms. The van der Waals surface area contributed by atoms with Crippen LogP contribution in [0.15, 0.2) is 212 Å². The van der Waals surface area contributed by atoms with Gasteiger partial charge in [-0.1, -0.05) is 146 Å². The molecule has 12 aromatic rings. The predicted octanol–water partition coefficient (Wildman–Crippen LogP) is 16.9. The van der Waals surface area contributed by atoms with E-state index in [0.717, 1.165) is 39.2 Å². The third-order valence-electron chi connectivity index (χ3n) is 13.4. The van der Waals surface area contributed by atoms with Crippen molar-refractivity contribution in [3.05, 3.63) is 229 Å². The summed E-state index contributed by atoms with van der Waals surface area (Å²) in [5, 5.41) is 5.16. The molecule has 0 radical (unpaired) electrons. The molecule has 2 nitrogen and oxygen atoms in total. The Morgan fingerprint density at radius 2 is 0.828 bits per heavy atom. The molecule has 1 atom stereocenters. The second kappa shape index (κ2) is 14.5. The number of benzene rings is 9. The molecule has 13 rings (SSSR count). The summed E-state index contributed by atoms with van der Waals surface area (Å²) >= 11 is 3.71. The molecule has 0 N–H and O–H groups in total. The first-order valence-electron chi connectivity index (χ1n) is 21.8. The summed E-state index contributed by atoms with van der Waals surface area (Å²) in [5.41, 5.74) is 15.6. The number of nitrogens with zero attached hydrogens (tertiary/aromatic N) is 2. The highest BCUT2D eigenvalue weighted by Crippen LogP contribution is 2.53. The van der Waals surface area contributed by atoms with Gasteiger partial charge in [-0.05, 0) is 124 Å². The van der Waals surface area contributed by atoms with Gasteiger partial charge >= 0.3 is 0 Å². The molecule has 9 aromatic carbocycles. The minimum Gasteiger partial charge on any atom is -0.228 e. The highest BCUT2D eigenvalue weighted by Gasteiger charge is 2.40. The molecule has 0 saturated carbocycles. The van der Waals surface area contributed by atoms with Gasteiger partial charge in [-0.2, -0.15) is 0 Å². The van der Waals surface area contributed by atoms with Gasteiger partial charge in [-0.15, -0.1) is 22.7 Å². The van der Waals surface area contributed by atoms with Crippen LogP contribution in [-0.4, -0.2) is 9.97 Å². The summed E-state index contributed by atoms with van der Waals surface area (Å²) in [7, 11) is 0. The van der Waals surface area contributed by atoms with Crippen LogP contribution in [0.25, 0.3) is 108 Å². The van der Waals surface area contributed by atoms with Gasteiger partial charge in [0.05, 0.1) is 11.4 Å². The highest BCUT2D eigenvalue weighted by molar-refractivity contribution is 7.26. The zero-order chi connectivity index (χ0) is 42.4. The zero-order valence-electron chi connectivity index (χ0n) is 34.9. The number of hydrogen-bond donors (Lipinski definition) is 0. The van der Waals surface area contributed by atoms with E-state index in [-0.39, 0.29) is 5.41 Å². The molecular weight excluding hydrogens is 813 g/mol. The number of fused-ring (bicyclic) bond motifs is 9. The van der Waals surface area contributed by atoms with Gasteiger partial charge < -0.3 is 0 Å². The first kappa shape index (κ1) is 37.1. The minimum absolute atomic E-state index is 0.325. The van der Waals surface area contributed by atoms with Crippen LogP contribution in [0.5, 0.6) is 0 Å². The van der Waals surface area contributed by atoms with Gasteiger partial charge in [-0.3, -0.25) is 0 Å². The highest BCUT2D eigenvalue weighted by atomic mass is 32.1. The molecular formula is C60H38N2S2. The lowest BCUT2D eigenvalue weighted by Crippen LogP contribution is -2.22. The Labute approximate surface area is 379 Å². The van der Waals surface area contributed by atoms with Crippen LogP contribution in [0.4, 0.5) is 0 Å². The van der Waals surface area contributed by atoms with Crippen molar-refractivity contribution < 1.29 is 0 Å². The second-order valence-corrected chi connectivity index (χ2v) is 19.2. The van der Waals surface area contributed by atoms with Crippen molar-refractivity contribution in [3.8, 4) is 67.3 Å². The Bertz CT molecular complexity index is 3670. The fraction of sp³-hybridized carbons (Fsp3) is 0.0333. The van der Waals surface area contributed by atoms with Crippen molar-refractivity contribution in [2.75, 3.05) is 0 Å². The predicted molar refractivity (Wildman–Crippen MR) is 272 cm³/mol. The molecule has 0 fully saturated rings. The molecule has 1 aliphatic rings. The lowest BCUT2D eigenvalue weighted by atomic mass is 9.74. The molecule has 4 heteroatoms. The Kier molecular flexibility index (Phi) is 8.42. The van der Waals surface area contributed by atoms with Gasteiger partial charge in [0.2, 0.25) is 0 Å². The van der Waals surface area contributed by atoms with Crippen LogP contribution in [0.2, 0.25) is 0 Å². The molecule has 1 aliphatic carbocycles. The maximum atomic E-state index is 5.41. The molecule has 300 valence electrons. The monoisotopic (exact) mass is 850 g/mol. The molecule has 0 spiro atoms. The average molecular weight is 851 g/mol. The van der Waals surface area contributed by atoms with Crippen LogP contribution in [-0.2, 0) is 5.41 Å². The summed E-state index contributed by atoms with van der Waals surface area (Å²) in [4.78, 5) is 10.8. The van der Waals surface area contributed by atoms with E-state index in [2.05, 4.69) is 213 Å². The molecule has 3 heterocycles. The van der Waals surface area contributed by atoms with Crippen LogP contribution in [0.1, 0.15) is 23.6 Å². The third kappa shape index (κ3) is 5.91. The van der Waals surface area contributed by atoms with E-state index in [0.29, 0.717) is 5.82 Å². The van der Waals surface area contributed by atoms with E-state index >= 15 is 0 Å². The Balaban J connectivity index is 1.03. The summed E-state index contributed by atoms with van der Waals surface area (Å²) in [5.74, 6) is 0.701. The van der Waals surface area contributed by atoms with Gasteiger partial charge in [0, 0.05) is 62.4 Å². The quantitative estimate of drug-likeness (QED) is 0.167. The Morgan fingerprint density at radius 3 is 1.48 bits per heavy atom. The molecule has 64 heavy (non-hydrogen) atoms. The first-order valence-corrected chi connectivity index (χ1v) is 23.4. The standard InChI is InChI=1S/C60H38N2S2/c1-60(44-16-6-3-7-17-44)51-21-11-8-18-45(51)46-27-24-40(35-52(46)60)53-36-54(62-59(61-53)37-14-4-2-5-15-37)43-31-41(38-25-28-57-49(33-38)47-19-9-12-22-55(47)63-57)30-42(32-43)39-26-29-58-50(34-39)48-20-10-13-23-56(48)64-58/h2-36H,1H3. The Hall–Kier alpha value is -7.50. The van der Waals surface area contributed by atoms with Crippen molar-refractivity contribution in [1.82, 2.24) is 9.97 Å². The molecule has 1 unspecified atom stereocenters. The van der Waals surface area contributed by atoms with Crippen molar-refractivity contribution in [1.29, 1.82) is 0 Å². The van der Waals surface area contributed by atoms with E-state index in [1.165, 1.54) is 79.3 Å². The van der Waals surface area contributed by atoms with E-state index < -0.39 is 0 Å². The molecule has 0 saturated heterocycles. The van der Waals surface area contributed by atoms with Gasteiger partial charge in [0.25, 0.3) is 0 Å². The van der Waals surface area contributed by atoms with E-state index in [1.807, 2.05) is 28.7 Å². The van der Waals surface area contributed by atoms with Crippen molar-refractivity contribution in [3.63, 3.8) is 0 Å². The number of aromatic nitrogens is 2. The summed E-state index contributed by atoms with van der Waals surface area (Å²) < 4.78 is 5.21. The lowest BCUT2D eigenvalue weighted by molar-refractivity contribution is 0.714. The van der Waals surface area contributed by atoms with Gasteiger partial charge in [0.15, 0.2) is 5.82 Å². The molecule has 0 aliphatic heterocycles. The normalized spacial score (nSPS) is 14.4. The van der Waals surface area contributed by atoms with Crippen molar-refractivity contribution >= 4 is 63.0 Å². The fourth-order valence-corrected chi connectivity index (χ4v) is 12.3. The zero-order valence-corrected chi connectivity index (χ0v) is 36.6. The SMILES string of the molecule is CC1(c2ccccc2)c2ccccc2-c2ccc(-c3cc(-c4cc(-c5ccc6sc7ccccc7c6c5)cc(-c5ccc6sc7ccccc7c6c5)c4)nc(-c4ccccc4)n3)cc21. The van der Waals surface area contributed by atoms with Crippen molar-refractivity contribution in [2.45, 2.75) is 12.3 Å². The summed E-state index contributed by atoms with van der Waals surface area (Å²) in [6.45, 7) is 2.37.